The molecule has 0 saturated heterocycles. The van der Waals surface area contributed by atoms with Crippen molar-refractivity contribution >= 4 is 39.0 Å². The third kappa shape index (κ3) is 4.49. The van der Waals surface area contributed by atoms with Gasteiger partial charge < -0.3 is 5.11 Å². The second-order valence-electron chi connectivity index (χ2n) is 3.94. The summed E-state index contributed by atoms with van der Waals surface area (Å²) in [5, 5.41) is 11.5. The van der Waals surface area contributed by atoms with E-state index in [1.807, 2.05) is 0 Å². The van der Waals surface area contributed by atoms with Gasteiger partial charge in [0, 0.05) is 17.6 Å². The fraction of sp³-hybridized carbons (Fsp3) is 0.250. The summed E-state index contributed by atoms with van der Waals surface area (Å²) >= 11 is 11.8. The summed E-state index contributed by atoms with van der Waals surface area (Å²) in [5.74, 6) is -1.44. The lowest BCUT2D eigenvalue weighted by atomic mass is 10.2. The molecule has 0 radical (unpaired) electrons. The first-order valence-electron chi connectivity index (χ1n) is 5.53. The molecule has 1 aromatic rings. The first kappa shape index (κ1) is 17.0. The molecule has 110 valence electrons. The van der Waals surface area contributed by atoms with Crippen molar-refractivity contribution in [2.45, 2.75) is 11.8 Å². The zero-order valence-corrected chi connectivity index (χ0v) is 12.9. The van der Waals surface area contributed by atoms with Crippen molar-refractivity contribution < 1.29 is 18.3 Å². The summed E-state index contributed by atoms with van der Waals surface area (Å²) in [6, 6.07) is 2.82. The summed E-state index contributed by atoms with van der Waals surface area (Å²) in [6.45, 7) is 1.75. The number of nitrogens with one attached hydrogen (secondary N) is 1. The molecule has 0 atom stereocenters. The van der Waals surface area contributed by atoms with E-state index in [1.54, 1.807) is 6.92 Å². The minimum atomic E-state index is -3.61. The summed E-state index contributed by atoms with van der Waals surface area (Å²) < 4.78 is 24.2. The number of halogens is 2. The van der Waals surface area contributed by atoms with Crippen LogP contribution in [-0.2, 0) is 14.6 Å². The van der Waals surface area contributed by atoms with Gasteiger partial charge in [0.25, 0.3) is 0 Å². The standard InChI is InChI=1S/C12H13Cl2NO4S/c1-8-9(13)4-5-10(12(8)14)20(18,19)7-15-6-2-3-11(16)17/h2-5,15H,6-7H2,1H3,(H,16,17)/b3-2+. The summed E-state index contributed by atoms with van der Waals surface area (Å²) in [5.41, 5.74) is 0.500. The average molecular weight is 338 g/mol. The van der Waals surface area contributed by atoms with Crippen LogP contribution in [0, 0.1) is 6.92 Å². The first-order chi connectivity index (χ1) is 9.25. The van der Waals surface area contributed by atoms with Gasteiger partial charge in [-0.25, -0.2) is 13.2 Å². The maximum atomic E-state index is 12.1. The monoisotopic (exact) mass is 337 g/mol. The maximum Gasteiger partial charge on any atom is 0.328 e. The minimum absolute atomic E-state index is 0.00391. The molecule has 0 bridgehead atoms. The van der Waals surface area contributed by atoms with Gasteiger partial charge in [0.05, 0.1) is 9.92 Å². The second kappa shape index (κ2) is 7.08. The Bertz CT molecular complexity index is 641. The predicted molar refractivity (Wildman–Crippen MR) is 78.0 cm³/mol. The van der Waals surface area contributed by atoms with Gasteiger partial charge in [-0.3, -0.25) is 5.32 Å². The van der Waals surface area contributed by atoms with Crippen LogP contribution in [-0.4, -0.2) is 31.9 Å². The van der Waals surface area contributed by atoms with E-state index in [0.29, 0.717) is 10.6 Å². The van der Waals surface area contributed by atoms with Gasteiger partial charge in [-0.2, -0.15) is 0 Å². The molecule has 1 aromatic carbocycles. The Morgan fingerprint density at radius 1 is 1.40 bits per heavy atom. The van der Waals surface area contributed by atoms with Crippen LogP contribution in [0.1, 0.15) is 5.56 Å². The maximum absolute atomic E-state index is 12.1. The van der Waals surface area contributed by atoms with Gasteiger partial charge in [-0.05, 0) is 24.6 Å². The first-order valence-corrected chi connectivity index (χ1v) is 7.94. The Labute approximate surface area is 127 Å². The van der Waals surface area contributed by atoms with E-state index >= 15 is 0 Å². The highest BCUT2D eigenvalue weighted by Crippen LogP contribution is 2.30. The van der Waals surface area contributed by atoms with Crippen molar-refractivity contribution in [3.8, 4) is 0 Å². The number of benzene rings is 1. The van der Waals surface area contributed by atoms with Crippen molar-refractivity contribution in [3.63, 3.8) is 0 Å². The number of aliphatic carboxylic acids is 1. The van der Waals surface area contributed by atoms with Gasteiger partial charge in [0.1, 0.15) is 5.88 Å². The number of carboxylic acid groups (broad SMARTS) is 1. The Hall–Kier alpha value is -1.08. The number of sulfone groups is 1. The molecule has 20 heavy (non-hydrogen) atoms. The Balaban J connectivity index is 2.80. The van der Waals surface area contributed by atoms with Crippen molar-refractivity contribution in [2.24, 2.45) is 0 Å². The van der Waals surface area contributed by atoms with Crippen LogP contribution in [0.5, 0.6) is 0 Å². The molecular weight excluding hydrogens is 325 g/mol. The van der Waals surface area contributed by atoms with Gasteiger partial charge >= 0.3 is 5.97 Å². The van der Waals surface area contributed by atoms with E-state index < -0.39 is 15.8 Å². The van der Waals surface area contributed by atoms with Crippen LogP contribution in [0.25, 0.3) is 0 Å². The molecule has 0 saturated carbocycles. The van der Waals surface area contributed by atoms with Crippen LogP contribution >= 0.6 is 23.2 Å². The fourth-order valence-electron chi connectivity index (χ4n) is 1.39. The van der Waals surface area contributed by atoms with Crippen LogP contribution in [0.4, 0.5) is 0 Å². The number of carbonyl (C=O) groups is 1. The SMILES string of the molecule is Cc1c(Cl)ccc(S(=O)(=O)CNC/C=C/C(=O)O)c1Cl. The largest absolute Gasteiger partial charge is 0.478 e. The Morgan fingerprint density at radius 3 is 2.65 bits per heavy atom. The third-order valence-corrected chi connectivity index (χ3v) is 5.04. The van der Waals surface area contributed by atoms with Crippen molar-refractivity contribution in [2.75, 3.05) is 12.4 Å². The third-order valence-electron chi connectivity index (χ3n) is 2.43. The smallest absolute Gasteiger partial charge is 0.328 e. The van der Waals surface area contributed by atoms with Gasteiger partial charge in [-0.1, -0.05) is 29.3 Å². The predicted octanol–water partition coefficient (Wildman–Crippen LogP) is 2.26. The quantitative estimate of drug-likeness (QED) is 0.614. The average Bonchev–Trinajstić information content (AvgIpc) is 2.34. The fourth-order valence-corrected chi connectivity index (χ4v) is 3.36. The van der Waals surface area contributed by atoms with Gasteiger partial charge in [0.15, 0.2) is 9.84 Å². The topological polar surface area (TPSA) is 83.5 Å². The van der Waals surface area contributed by atoms with Crippen molar-refractivity contribution in [1.29, 1.82) is 0 Å². The molecule has 8 heteroatoms. The molecule has 5 nitrogen and oxygen atoms in total. The summed E-state index contributed by atoms with van der Waals surface area (Å²) in [6.07, 6.45) is 2.24. The highest BCUT2D eigenvalue weighted by atomic mass is 35.5. The molecule has 0 aliphatic rings. The molecule has 2 N–H and O–H groups in total. The van der Waals surface area contributed by atoms with Crippen LogP contribution in [0.2, 0.25) is 10.0 Å². The second-order valence-corrected chi connectivity index (χ2v) is 6.68. The molecule has 0 unspecified atom stereocenters. The summed E-state index contributed by atoms with van der Waals surface area (Å²) in [4.78, 5) is 10.2. The van der Waals surface area contributed by atoms with E-state index in [-0.39, 0.29) is 22.3 Å². The van der Waals surface area contributed by atoms with Crippen LogP contribution in [0.15, 0.2) is 29.2 Å². The molecule has 0 fully saturated rings. The van der Waals surface area contributed by atoms with E-state index in [1.165, 1.54) is 18.2 Å². The molecule has 0 heterocycles. The summed E-state index contributed by atoms with van der Waals surface area (Å²) in [7, 11) is -3.61. The normalized spacial score (nSPS) is 11.9. The molecule has 0 amide bonds. The Kier molecular flexibility index (Phi) is 6.01. The molecule has 0 aromatic heterocycles. The zero-order chi connectivity index (χ0) is 15.3. The molecular formula is C12H13Cl2NO4S. The van der Waals surface area contributed by atoms with E-state index in [2.05, 4.69) is 5.32 Å². The number of rotatable bonds is 6. The molecule has 0 aliphatic heterocycles. The van der Waals surface area contributed by atoms with Crippen LogP contribution < -0.4 is 5.32 Å². The van der Waals surface area contributed by atoms with E-state index in [0.717, 1.165) is 6.08 Å². The lowest BCUT2D eigenvalue weighted by Gasteiger charge is -2.09. The highest BCUT2D eigenvalue weighted by Gasteiger charge is 2.19. The van der Waals surface area contributed by atoms with Crippen molar-refractivity contribution in [1.82, 2.24) is 5.32 Å². The number of hydrogen-bond acceptors (Lipinski definition) is 4. The molecule has 1 rings (SSSR count). The minimum Gasteiger partial charge on any atom is -0.478 e. The molecule has 0 aliphatic carbocycles. The number of hydrogen-bond donors (Lipinski definition) is 2. The highest BCUT2D eigenvalue weighted by molar-refractivity contribution is 7.91. The lowest BCUT2D eigenvalue weighted by molar-refractivity contribution is -0.131. The number of carboxylic acids is 1. The van der Waals surface area contributed by atoms with Gasteiger partial charge in [-0.15, -0.1) is 0 Å². The van der Waals surface area contributed by atoms with E-state index in [9.17, 15) is 13.2 Å². The van der Waals surface area contributed by atoms with Crippen LogP contribution in [0.3, 0.4) is 0 Å². The molecule has 0 spiro atoms. The van der Waals surface area contributed by atoms with Gasteiger partial charge in [0.2, 0.25) is 0 Å². The zero-order valence-electron chi connectivity index (χ0n) is 10.6. The Morgan fingerprint density at radius 2 is 2.05 bits per heavy atom. The lowest BCUT2D eigenvalue weighted by Crippen LogP contribution is -2.23. The van der Waals surface area contributed by atoms with E-state index in [4.69, 9.17) is 28.3 Å². The van der Waals surface area contributed by atoms with Crippen molar-refractivity contribution in [3.05, 3.63) is 39.9 Å².